The van der Waals surface area contributed by atoms with Crippen LogP contribution < -0.4 is 24.4 Å². The molecule has 1 N–H and O–H groups in total. The third-order valence-electron chi connectivity index (χ3n) is 4.24. The number of halogens is 1. The van der Waals surface area contributed by atoms with Crippen molar-refractivity contribution in [1.29, 1.82) is 0 Å². The lowest BCUT2D eigenvalue weighted by Crippen LogP contribution is -2.54. The highest BCUT2D eigenvalue weighted by Crippen LogP contribution is 2.36. The SMILES string of the molecule is COc1cc(OC)c(C=C2C(=O)NC(=S)N(c3ccccc3F)C2=O)c(OC)c1. The first kappa shape index (κ1) is 20.3. The fourth-order valence-corrected chi connectivity index (χ4v) is 3.10. The molecule has 0 aliphatic carbocycles. The number of nitrogens with zero attached hydrogens (tertiary/aromatic N) is 1. The van der Waals surface area contributed by atoms with Crippen LogP contribution in [0.2, 0.25) is 0 Å². The molecule has 1 saturated heterocycles. The van der Waals surface area contributed by atoms with Crippen LogP contribution in [0.15, 0.2) is 42.0 Å². The van der Waals surface area contributed by atoms with Crippen molar-refractivity contribution in [2.75, 3.05) is 26.2 Å². The molecule has 3 rings (SSSR count). The fourth-order valence-electron chi connectivity index (χ4n) is 2.83. The van der Waals surface area contributed by atoms with Gasteiger partial charge in [0.05, 0.1) is 32.6 Å². The predicted molar refractivity (Wildman–Crippen MR) is 109 cm³/mol. The summed E-state index contributed by atoms with van der Waals surface area (Å²) in [6.45, 7) is 0. The summed E-state index contributed by atoms with van der Waals surface area (Å²) in [5, 5.41) is 2.20. The molecule has 0 aromatic heterocycles. The van der Waals surface area contributed by atoms with Gasteiger partial charge in [-0.2, -0.15) is 0 Å². The normalized spacial score (nSPS) is 15.4. The van der Waals surface area contributed by atoms with E-state index >= 15 is 0 Å². The largest absolute Gasteiger partial charge is 0.496 e. The molecule has 9 heteroatoms. The van der Waals surface area contributed by atoms with E-state index < -0.39 is 17.6 Å². The van der Waals surface area contributed by atoms with E-state index in [2.05, 4.69) is 5.32 Å². The van der Waals surface area contributed by atoms with Gasteiger partial charge in [0.1, 0.15) is 28.6 Å². The molecule has 29 heavy (non-hydrogen) atoms. The predicted octanol–water partition coefficient (Wildman–Crippen LogP) is 2.68. The van der Waals surface area contributed by atoms with Gasteiger partial charge in [-0.25, -0.2) is 9.29 Å². The second-order valence-electron chi connectivity index (χ2n) is 5.85. The molecule has 0 radical (unpaired) electrons. The maximum Gasteiger partial charge on any atom is 0.270 e. The molecule has 0 unspecified atom stereocenters. The van der Waals surface area contributed by atoms with Gasteiger partial charge in [-0.15, -0.1) is 0 Å². The summed E-state index contributed by atoms with van der Waals surface area (Å²) >= 11 is 5.08. The summed E-state index contributed by atoms with van der Waals surface area (Å²) in [5.41, 5.74) is 0.0151. The number of amides is 2. The van der Waals surface area contributed by atoms with Crippen molar-refractivity contribution in [3.8, 4) is 17.2 Å². The summed E-state index contributed by atoms with van der Waals surface area (Å²) in [5.74, 6) is -1.04. The number of carbonyl (C=O) groups is 2. The third-order valence-corrected chi connectivity index (χ3v) is 4.52. The molecule has 0 spiro atoms. The Morgan fingerprint density at radius 1 is 1.03 bits per heavy atom. The molecule has 0 atom stereocenters. The lowest BCUT2D eigenvalue weighted by atomic mass is 10.0. The van der Waals surface area contributed by atoms with Crippen molar-refractivity contribution in [3.63, 3.8) is 0 Å². The summed E-state index contributed by atoms with van der Waals surface area (Å²) in [7, 11) is 4.34. The van der Waals surface area contributed by atoms with E-state index in [1.54, 1.807) is 18.2 Å². The summed E-state index contributed by atoms with van der Waals surface area (Å²) in [6, 6.07) is 8.80. The Labute approximate surface area is 171 Å². The lowest BCUT2D eigenvalue weighted by molar-refractivity contribution is -0.122. The zero-order valence-electron chi connectivity index (χ0n) is 15.8. The summed E-state index contributed by atoms with van der Waals surface area (Å²) in [4.78, 5) is 26.5. The summed E-state index contributed by atoms with van der Waals surface area (Å²) < 4.78 is 30.1. The molecule has 2 aromatic carbocycles. The molecule has 1 fully saturated rings. The Hall–Kier alpha value is -3.46. The van der Waals surface area contributed by atoms with Crippen molar-refractivity contribution in [3.05, 3.63) is 53.4 Å². The Kier molecular flexibility index (Phi) is 5.79. The first-order valence-electron chi connectivity index (χ1n) is 8.37. The zero-order valence-corrected chi connectivity index (χ0v) is 16.6. The molecule has 0 bridgehead atoms. The number of ether oxygens (including phenoxy) is 3. The average molecular weight is 416 g/mol. The number of anilines is 1. The molecule has 7 nitrogen and oxygen atoms in total. The molecule has 1 aliphatic rings. The van der Waals surface area contributed by atoms with Crippen LogP contribution in [-0.2, 0) is 9.59 Å². The van der Waals surface area contributed by atoms with Crippen molar-refractivity contribution in [1.82, 2.24) is 5.32 Å². The number of nitrogens with one attached hydrogen (secondary N) is 1. The van der Waals surface area contributed by atoms with Crippen LogP contribution in [0, 0.1) is 5.82 Å². The second kappa shape index (κ2) is 8.27. The van der Waals surface area contributed by atoms with Gasteiger partial charge < -0.3 is 14.2 Å². The van der Waals surface area contributed by atoms with Crippen molar-refractivity contribution >= 4 is 40.9 Å². The van der Waals surface area contributed by atoms with Gasteiger partial charge in [0.15, 0.2) is 5.11 Å². The Balaban J connectivity index is 2.14. The van der Waals surface area contributed by atoms with Crippen molar-refractivity contribution in [2.45, 2.75) is 0 Å². The number of para-hydroxylation sites is 1. The zero-order chi connectivity index (χ0) is 21.1. The second-order valence-corrected chi connectivity index (χ2v) is 6.24. The van der Waals surface area contributed by atoms with E-state index in [1.807, 2.05) is 0 Å². The van der Waals surface area contributed by atoms with Crippen LogP contribution in [0.3, 0.4) is 0 Å². The number of benzene rings is 2. The minimum Gasteiger partial charge on any atom is -0.496 e. The first-order valence-corrected chi connectivity index (χ1v) is 8.78. The monoisotopic (exact) mass is 416 g/mol. The molecule has 2 aromatic rings. The van der Waals surface area contributed by atoms with E-state index in [0.717, 1.165) is 4.90 Å². The quantitative estimate of drug-likeness (QED) is 0.459. The number of rotatable bonds is 5. The van der Waals surface area contributed by atoms with Crippen LogP contribution in [0.5, 0.6) is 17.2 Å². The van der Waals surface area contributed by atoms with E-state index in [0.29, 0.717) is 22.8 Å². The van der Waals surface area contributed by atoms with Gasteiger partial charge in [-0.3, -0.25) is 14.9 Å². The molecule has 0 saturated carbocycles. The van der Waals surface area contributed by atoms with E-state index in [9.17, 15) is 14.0 Å². The highest BCUT2D eigenvalue weighted by atomic mass is 32.1. The van der Waals surface area contributed by atoms with Gasteiger partial charge in [-0.05, 0) is 30.4 Å². The topological polar surface area (TPSA) is 77.1 Å². The van der Waals surface area contributed by atoms with Crippen LogP contribution in [0.25, 0.3) is 6.08 Å². The van der Waals surface area contributed by atoms with Crippen molar-refractivity contribution in [2.24, 2.45) is 0 Å². The molecule has 2 amide bonds. The van der Waals surface area contributed by atoms with Gasteiger partial charge in [0.25, 0.3) is 11.8 Å². The highest BCUT2D eigenvalue weighted by molar-refractivity contribution is 7.80. The average Bonchev–Trinajstić information content (AvgIpc) is 2.71. The molecule has 1 aliphatic heterocycles. The maximum atomic E-state index is 14.3. The smallest absolute Gasteiger partial charge is 0.270 e. The summed E-state index contributed by atoms with van der Waals surface area (Å²) in [6.07, 6.45) is 1.31. The Morgan fingerprint density at radius 3 is 2.21 bits per heavy atom. The Morgan fingerprint density at radius 2 is 1.66 bits per heavy atom. The van der Waals surface area contributed by atoms with E-state index in [4.69, 9.17) is 26.4 Å². The minimum atomic E-state index is -0.774. The van der Waals surface area contributed by atoms with Gasteiger partial charge in [0.2, 0.25) is 0 Å². The number of thiocarbonyl (C=S) groups is 1. The molecule has 150 valence electrons. The minimum absolute atomic E-state index is 0.0675. The van der Waals surface area contributed by atoms with Gasteiger partial charge in [-0.1, -0.05) is 12.1 Å². The lowest BCUT2D eigenvalue weighted by Gasteiger charge is -2.29. The van der Waals surface area contributed by atoms with Crippen molar-refractivity contribution < 1.29 is 28.2 Å². The maximum absolute atomic E-state index is 14.3. The number of hydrogen-bond acceptors (Lipinski definition) is 6. The number of carbonyl (C=O) groups excluding carboxylic acids is 2. The molecule has 1 heterocycles. The van der Waals surface area contributed by atoms with Gasteiger partial charge in [0, 0.05) is 12.1 Å². The first-order chi connectivity index (χ1) is 13.9. The molecular formula is C20H17FN2O5S. The number of hydrogen-bond donors (Lipinski definition) is 1. The van der Waals surface area contributed by atoms with E-state index in [-0.39, 0.29) is 16.4 Å². The molecular weight excluding hydrogens is 399 g/mol. The van der Waals surface area contributed by atoms with Gasteiger partial charge >= 0.3 is 0 Å². The fraction of sp³-hybridized carbons (Fsp3) is 0.150. The standard InChI is InChI=1S/C20H17FN2O5S/c1-26-11-8-16(27-2)12(17(9-11)28-3)10-13-18(24)22-20(29)23(19(13)25)15-7-5-4-6-14(15)21/h4-10H,1-3H3,(H,22,24,29). The highest BCUT2D eigenvalue weighted by Gasteiger charge is 2.36. The Bertz CT molecular complexity index is 1010. The third kappa shape index (κ3) is 3.77. The van der Waals surface area contributed by atoms with Crippen LogP contribution in [0.1, 0.15) is 5.56 Å². The van der Waals surface area contributed by atoms with Crippen LogP contribution in [0.4, 0.5) is 10.1 Å². The number of methoxy groups -OCH3 is 3. The van der Waals surface area contributed by atoms with E-state index in [1.165, 1.54) is 45.6 Å². The van der Waals surface area contributed by atoms with Crippen LogP contribution in [-0.4, -0.2) is 38.3 Å². The van der Waals surface area contributed by atoms with Crippen LogP contribution >= 0.6 is 12.2 Å².